The number of hydrogen-bond donors (Lipinski definition) is 3. The molecule has 3 N–H and O–H groups in total. The van der Waals surface area contributed by atoms with E-state index < -0.39 is 29.0 Å². The Kier molecular flexibility index (Phi) is 12.4. The van der Waals surface area contributed by atoms with Gasteiger partial charge in [-0.2, -0.15) is 0 Å². The zero-order valence-corrected chi connectivity index (χ0v) is 25.2. The first-order valence-electron chi connectivity index (χ1n) is 14.4. The zero-order chi connectivity index (χ0) is 32.0. The normalized spacial score (nSPS) is 12.8. The minimum atomic E-state index is -1.21. The van der Waals surface area contributed by atoms with Crippen molar-refractivity contribution in [3.8, 4) is 23.0 Å². The van der Waals surface area contributed by atoms with Crippen molar-refractivity contribution in [3.63, 3.8) is 0 Å². The number of hydrogen-bond acceptors (Lipinski definition) is 7. The van der Waals surface area contributed by atoms with Gasteiger partial charge in [0.25, 0.3) is 0 Å². The standard InChI is InChI=1S/C33H31ClFN3O7.K.H/c1-43-28-18-23-25(19-29(28)44-16-4-2-3-5-30(39)40)36-15-12-26(23)45-27-11-10-22(17-24(27)34)38-32(42)33(13-14-33)31(41)37-21-8-6-20(35)7-9-21;;/h6-12,15,17-19H,2-5,13-14,16H2,1H3,(H,37,41)(H,38,42)(H,39,40);;. The van der Waals surface area contributed by atoms with Crippen molar-refractivity contribution in [2.24, 2.45) is 5.41 Å². The third-order valence-electron chi connectivity index (χ3n) is 7.41. The number of carbonyl (C=O) groups is 3. The fourth-order valence-corrected chi connectivity index (χ4v) is 4.94. The molecule has 1 aliphatic rings. The molecule has 3 aromatic carbocycles. The number of ether oxygens (including phenoxy) is 3. The minimum absolute atomic E-state index is 0. The number of aliphatic carboxylic acids is 1. The van der Waals surface area contributed by atoms with Gasteiger partial charge < -0.3 is 30.0 Å². The van der Waals surface area contributed by atoms with Crippen LogP contribution in [0.2, 0.25) is 5.02 Å². The molecule has 1 aliphatic carbocycles. The number of halogens is 2. The van der Waals surface area contributed by atoms with Crippen molar-refractivity contribution in [1.82, 2.24) is 4.98 Å². The van der Waals surface area contributed by atoms with Crippen molar-refractivity contribution < 1.29 is 38.1 Å². The molecule has 0 bridgehead atoms. The van der Waals surface area contributed by atoms with E-state index in [1.165, 1.54) is 37.4 Å². The fourth-order valence-electron chi connectivity index (χ4n) is 4.72. The van der Waals surface area contributed by atoms with Crippen LogP contribution < -0.4 is 24.8 Å². The van der Waals surface area contributed by atoms with E-state index in [-0.39, 0.29) is 62.8 Å². The van der Waals surface area contributed by atoms with Crippen LogP contribution in [-0.4, -0.2) is 93.0 Å². The molecule has 236 valence electrons. The van der Waals surface area contributed by atoms with E-state index in [1.54, 1.807) is 36.5 Å². The monoisotopic (exact) mass is 675 g/mol. The van der Waals surface area contributed by atoms with Crippen LogP contribution in [0, 0.1) is 11.2 Å². The van der Waals surface area contributed by atoms with Crippen molar-refractivity contribution >= 4 is 103 Å². The van der Waals surface area contributed by atoms with E-state index >= 15 is 0 Å². The third-order valence-corrected chi connectivity index (χ3v) is 7.71. The summed E-state index contributed by atoms with van der Waals surface area (Å²) in [7, 11) is 1.53. The van der Waals surface area contributed by atoms with Crippen LogP contribution in [0.3, 0.4) is 0 Å². The summed E-state index contributed by atoms with van der Waals surface area (Å²) < 4.78 is 30.8. The predicted octanol–water partition coefficient (Wildman–Crippen LogP) is 6.56. The Morgan fingerprint density at radius 2 is 1.59 bits per heavy atom. The van der Waals surface area contributed by atoms with E-state index in [9.17, 15) is 18.8 Å². The molecule has 10 nitrogen and oxygen atoms in total. The summed E-state index contributed by atoms with van der Waals surface area (Å²) in [5.41, 5.74) is 0.181. The molecule has 1 fully saturated rings. The summed E-state index contributed by atoms with van der Waals surface area (Å²) in [6.07, 6.45) is 4.51. The van der Waals surface area contributed by atoms with Gasteiger partial charge >= 0.3 is 57.4 Å². The molecule has 0 saturated heterocycles. The Bertz CT molecular complexity index is 1730. The Labute approximate surface area is 312 Å². The van der Waals surface area contributed by atoms with Gasteiger partial charge in [-0.3, -0.25) is 19.4 Å². The first-order chi connectivity index (χ1) is 21.7. The molecule has 1 aromatic heterocycles. The average Bonchev–Trinajstić information content (AvgIpc) is 3.83. The number of pyridine rings is 1. The van der Waals surface area contributed by atoms with Gasteiger partial charge in [0, 0.05) is 35.4 Å². The maximum atomic E-state index is 13.2. The van der Waals surface area contributed by atoms with Gasteiger partial charge in [-0.15, -0.1) is 0 Å². The summed E-state index contributed by atoms with van der Waals surface area (Å²) in [4.78, 5) is 41.1. The summed E-state index contributed by atoms with van der Waals surface area (Å²) in [5.74, 6) is -0.373. The zero-order valence-electron chi connectivity index (χ0n) is 24.4. The number of fused-ring (bicyclic) bond motifs is 1. The summed E-state index contributed by atoms with van der Waals surface area (Å²) in [5, 5.41) is 15.1. The van der Waals surface area contributed by atoms with E-state index in [4.69, 9.17) is 30.9 Å². The van der Waals surface area contributed by atoms with E-state index in [2.05, 4.69) is 15.6 Å². The Balaban J connectivity index is 0.00000480. The van der Waals surface area contributed by atoms with Gasteiger partial charge in [0.2, 0.25) is 11.8 Å². The second kappa shape index (κ2) is 16.0. The first kappa shape index (κ1) is 35.6. The topological polar surface area (TPSA) is 136 Å². The molecule has 0 unspecified atom stereocenters. The number of methoxy groups -OCH3 is 1. The number of nitrogens with one attached hydrogen (secondary N) is 2. The van der Waals surface area contributed by atoms with Crippen LogP contribution in [0.4, 0.5) is 15.8 Å². The van der Waals surface area contributed by atoms with Gasteiger partial charge in [-0.1, -0.05) is 11.6 Å². The van der Waals surface area contributed by atoms with Crippen LogP contribution in [0.15, 0.2) is 66.9 Å². The Morgan fingerprint density at radius 1 is 0.891 bits per heavy atom. The van der Waals surface area contributed by atoms with Crippen LogP contribution in [0.5, 0.6) is 23.0 Å². The van der Waals surface area contributed by atoms with Crippen molar-refractivity contribution in [2.75, 3.05) is 24.4 Å². The second-order valence-corrected chi connectivity index (χ2v) is 11.0. The number of carboxylic acids is 1. The third kappa shape index (κ3) is 8.75. The first-order valence-corrected chi connectivity index (χ1v) is 14.7. The van der Waals surface area contributed by atoms with Crippen LogP contribution in [0.1, 0.15) is 38.5 Å². The molecule has 13 heteroatoms. The number of aromatic nitrogens is 1. The number of benzene rings is 3. The number of unbranched alkanes of at least 4 members (excludes halogenated alkanes) is 2. The van der Waals surface area contributed by atoms with E-state index in [0.717, 1.165) is 6.42 Å². The molecule has 1 saturated carbocycles. The summed E-state index contributed by atoms with van der Waals surface area (Å²) in [6, 6.07) is 15.3. The SMILES string of the molecule is COc1cc2c(Oc3ccc(NC(=O)C4(C(=O)Nc5ccc(F)cc5)CC4)cc3Cl)ccnc2cc1OCCCCCC(=O)O.[KH]. The number of amides is 2. The number of carbonyl (C=O) groups excluding carboxylic acids is 2. The molecule has 2 amide bonds. The average molecular weight is 676 g/mol. The van der Waals surface area contributed by atoms with E-state index in [1.807, 2.05) is 0 Å². The van der Waals surface area contributed by atoms with Crippen molar-refractivity contribution in [2.45, 2.75) is 38.5 Å². The number of carboxylic acid groups (broad SMARTS) is 1. The van der Waals surface area contributed by atoms with Crippen molar-refractivity contribution in [1.29, 1.82) is 0 Å². The Morgan fingerprint density at radius 3 is 2.24 bits per heavy atom. The number of anilines is 2. The molecule has 46 heavy (non-hydrogen) atoms. The number of nitrogens with zero attached hydrogens (tertiary/aromatic N) is 1. The summed E-state index contributed by atoms with van der Waals surface area (Å²) >= 11 is 6.54. The molecule has 5 rings (SSSR count). The van der Waals surface area contributed by atoms with Crippen molar-refractivity contribution in [3.05, 3.63) is 77.7 Å². The van der Waals surface area contributed by atoms with Gasteiger partial charge in [0.05, 0.1) is 24.3 Å². The van der Waals surface area contributed by atoms with Crippen LogP contribution >= 0.6 is 11.6 Å². The van der Waals surface area contributed by atoms with Crippen LogP contribution in [0.25, 0.3) is 10.9 Å². The van der Waals surface area contributed by atoms with E-state index in [0.29, 0.717) is 77.6 Å². The predicted molar refractivity (Wildman–Crippen MR) is 174 cm³/mol. The quantitative estimate of drug-likeness (QED) is 0.0777. The van der Waals surface area contributed by atoms with Gasteiger partial charge in [0.1, 0.15) is 22.7 Å². The number of rotatable bonds is 14. The fraction of sp³-hybridized carbons (Fsp3) is 0.273. The van der Waals surface area contributed by atoms with Gasteiger partial charge in [-0.25, -0.2) is 4.39 Å². The molecule has 1 heterocycles. The molecule has 4 aromatic rings. The molecule has 0 radical (unpaired) electrons. The van der Waals surface area contributed by atoms with Gasteiger partial charge in [0.15, 0.2) is 11.5 Å². The maximum absolute atomic E-state index is 13.2. The molecular formula is C33H32ClFKN3O7. The second-order valence-electron chi connectivity index (χ2n) is 10.6. The summed E-state index contributed by atoms with van der Waals surface area (Å²) in [6.45, 7) is 0.399. The van der Waals surface area contributed by atoms with Gasteiger partial charge in [-0.05, 0) is 86.7 Å². The Hall–Kier alpha value is -3.26. The molecule has 0 spiro atoms. The molecule has 0 aliphatic heterocycles. The molecule has 0 atom stereocenters. The van der Waals surface area contributed by atoms with Crippen LogP contribution in [-0.2, 0) is 14.4 Å². The molecular weight excluding hydrogens is 644 g/mol.